The highest BCUT2D eigenvalue weighted by Gasteiger charge is 2.08. The largest absolute Gasteiger partial charge is 0.387 e. The van der Waals surface area contributed by atoms with Gasteiger partial charge in [0, 0.05) is 13.6 Å². The molecule has 1 heterocycles. The van der Waals surface area contributed by atoms with Crippen LogP contribution in [0.4, 0.5) is 5.69 Å². The van der Waals surface area contributed by atoms with Crippen molar-refractivity contribution in [1.29, 1.82) is 0 Å². The molecule has 0 unspecified atom stereocenters. The van der Waals surface area contributed by atoms with Gasteiger partial charge in [-0.2, -0.15) is 0 Å². The Morgan fingerprint density at radius 1 is 1.25 bits per heavy atom. The molecule has 0 saturated heterocycles. The monoisotopic (exact) mass is 270 g/mol. The first-order valence-corrected chi connectivity index (χ1v) is 7.01. The Balaban J connectivity index is 2.07. The highest BCUT2D eigenvalue weighted by Crippen LogP contribution is 2.19. The van der Waals surface area contributed by atoms with Crippen molar-refractivity contribution < 1.29 is 5.11 Å². The molecule has 0 spiro atoms. The van der Waals surface area contributed by atoms with E-state index in [0.717, 1.165) is 17.9 Å². The lowest BCUT2D eigenvalue weighted by Crippen LogP contribution is -2.16. The zero-order valence-electron chi connectivity index (χ0n) is 12.4. The quantitative estimate of drug-likeness (QED) is 0.903. The maximum absolute atomic E-state index is 9.75. The molecular formula is C17H22N2O. The molecule has 0 amide bonds. The molecule has 106 valence electrons. The summed E-state index contributed by atoms with van der Waals surface area (Å²) in [7, 11) is 2.05. The zero-order valence-corrected chi connectivity index (χ0v) is 12.4. The Labute approximate surface area is 120 Å². The summed E-state index contributed by atoms with van der Waals surface area (Å²) >= 11 is 0. The molecule has 0 fully saturated rings. The SMILES string of the molecule is CC[C@@H](O)c1ccc(N(C)Cc2cccc(C)c2)cn1. The van der Waals surface area contributed by atoms with Crippen LogP contribution in [0.5, 0.6) is 0 Å². The minimum Gasteiger partial charge on any atom is -0.387 e. The number of aliphatic hydroxyl groups excluding tert-OH is 1. The zero-order chi connectivity index (χ0) is 14.5. The van der Waals surface area contributed by atoms with Crippen LogP contribution >= 0.6 is 0 Å². The molecule has 3 nitrogen and oxygen atoms in total. The van der Waals surface area contributed by atoms with Crippen LogP contribution in [0.1, 0.15) is 36.3 Å². The third kappa shape index (κ3) is 3.58. The Bertz CT molecular complexity index is 551. The number of aryl methyl sites for hydroxylation is 1. The number of pyridine rings is 1. The van der Waals surface area contributed by atoms with Crippen LogP contribution in [0.3, 0.4) is 0 Å². The van der Waals surface area contributed by atoms with Gasteiger partial charge in [0.25, 0.3) is 0 Å². The summed E-state index contributed by atoms with van der Waals surface area (Å²) < 4.78 is 0. The van der Waals surface area contributed by atoms with E-state index in [-0.39, 0.29) is 0 Å². The smallest absolute Gasteiger partial charge is 0.0957 e. The van der Waals surface area contributed by atoms with Gasteiger partial charge >= 0.3 is 0 Å². The second kappa shape index (κ2) is 6.53. The Kier molecular flexibility index (Phi) is 4.74. The summed E-state index contributed by atoms with van der Waals surface area (Å²) in [4.78, 5) is 6.49. The molecule has 3 heteroatoms. The number of rotatable bonds is 5. The van der Waals surface area contributed by atoms with Crippen LogP contribution in [0.2, 0.25) is 0 Å². The van der Waals surface area contributed by atoms with Gasteiger partial charge in [-0.1, -0.05) is 36.8 Å². The molecule has 0 bridgehead atoms. The molecule has 0 radical (unpaired) electrons. The summed E-state index contributed by atoms with van der Waals surface area (Å²) in [6.45, 7) is 4.90. The summed E-state index contributed by atoms with van der Waals surface area (Å²) in [5, 5.41) is 9.75. The van der Waals surface area contributed by atoms with E-state index in [1.54, 1.807) is 0 Å². The predicted molar refractivity (Wildman–Crippen MR) is 82.8 cm³/mol. The maximum atomic E-state index is 9.75. The van der Waals surface area contributed by atoms with Crippen LogP contribution in [0, 0.1) is 6.92 Å². The van der Waals surface area contributed by atoms with Gasteiger partial charge in [0.05, 0.1) is 23.7 Å². The fraction of sp³-hybridized carbons (Fsp3) is 0.353. The first-order valence-electron chi connectivity index (χ1n) is 7.01. The van der Waals surface area contributed by atoms with Gasteiger partial charge in [0.1, 0.15) is 0 Å². The van der Waals surface area contributed by atoms with E-state index in [2.05, 4.69) is 48.1 Å². The summed E-state index contributed by atoms with van der Waals surface area (Å²) in [6, 6.07) is 12.4. The van der Waals surface area contributed by atoms with Gasteiger partial charge in [-0.05, 0) is 31.0 Å². The van der Waals surface area contributed by atoms with Gasteiger partial charge in [-0.3, -0.25) is 4.98 Å². The van der Waals surface area contributed by atoms with Gasteiger partial charge in [0.2, 0.25) is 0 Å². The molecule has 0 aliphatic rings. The second-order valence-electron chi connectivity index (χ2n) is 5.21. The minimum atomic E-state index is -0.467. The van der Waals surface area contributed by atoms with Crippen molar-refractivity contribution in [2.45, 2.75) is 32.9 Å². The molecule has 1 aromatic heterocycles. The van der Waals surface area contributed by atoms with Gasteiger partial charge < -0.3 is 10.0 Å². The van der Waals surface area contributed by atoms with Crippen LogP contribution in [0.25, 0.3) is 0 Å². The number of aromatic nitrogens is 1. The third-order valence-electron chi connectivity index (χ3n) is 3.44. The number of nitrogens with zero attached hydrogens (tertiary/aromatic N) is 2. The van der Waals surface area contributed by atoms with Gasteiger partial charge in [0.15, 0.2) is 0 Å². The summed E-state index contributed by atoms with van der Waals surface area (Å²) in [5.74, 6) is 0. The Hall–Kier alpha value is -1.87. The average molecular weight is 270 g/mol. The minimum absolute atomic E-state index is 0.467. The highest BCUT2D eigenvalue weighted by molar-refractivity contribution is 5.44. The summed E-state index contributed by atoms with van der Waals surface area (Å²) in [6.07, 6.45) is 2.04. The molecule has 2 rings (SSSR count). The lowest BCUT2D eigenvalue weighted by molar-refractivity contribution is 0.169. The Morgan fingerprint density at radius 2 is 2.05 bits per heavy atom. The maximum Gasteiger partial charge on any atom is 0.0957 e. The van der Waals surface area contributed by atoms with E-state index < -0.39 is 6.10 Å². The molecule has 1 N–H and O–H groups in total. The average Bonchev–Trinajstić information content (AvgIpc) is 2.46. The van der Waals surface area contributed by atoms with Crippen LogP contribution in [0.15, 0.2) is 42.6 Å². The molecule has 1 atom stereocenters. The highest BCUT2D eigenvalue weighted by atomic mass is 16.3. The number of hydrogen-bond donors (Lipinski definition) is 1. The fourth-order valence-electron chi connectivity index (χ4n) is 2.21. The molecule has 0 aliphatic carbocycles. The molecular weight excluding hydrogens is 248 g/mol. The van der Waals surface area contributed by atoms with Crippen molar-refractivity contribution in [3.63, 3.8) is 0 Å². The van der Waals surface area contributed by atoms with Crippen LogP contribution in [-0.4, -0.2) is 17.1 Å². The van der Waals surface area contributed by atoms with Gasteiger partial charge in [-0.25, -0.2) is 0 Å². The normalized spacial score (nSPS) is 12.2. The standard InChI is InChI=1S/C17H22N2O/c1-4-17(20)16-9-8-15(11-18-16)19(3)12-14-7-5-6-13(2)10-14/h5-11,17,20H,4,12H2,1-3H3/t17-/m1/s1. The van der Waals surface area contributed by atoms with Crippen molar-refractivity contribution in [1.82, 2.24) is 4.98 Å². The molecule has 20 heavy (non-hydrogen) atoms. The van der Waals surface area contributed by atoms with Crippen LogP contribution in [-0.2, 0) is 6.54 Å². The fourth-order valence-corrected chi connectivity index (χ4v) is 2.21. The second-order valence-corrected chi connectivity index (χ2v) is 5.21. The van der Waals surface area contributed by atoms with E-state index in [0.29, 0.717) is 6.42 Å². The van der Waals surface area contributed by atoms with E-state index in [1.807, 2.05) is 25.3 Å². The first-order chi connectivity index (χ1) is 9.60. The third-order valence-corrected chi connectivity index (χ3v) is 3.44. The van der Waals surface area contributed by atoms with Gasteiger partial charge in [-0.15, -0.1) is 0 Å². The van der Waals surface area contributed by atoms with E-state index in [4.69, 9.17) is 0 Å². The summed E-state index contributed by atoms with van der Waals surface area (Å²) in [5.41, 5.74) is 4.35. The van der Waals surface area contributed by atoms with Crippen molar-refractivity contribution in [3.8, 4) is 0 Å². The van der Waals surface area contributed by atoms with E-state index >= 15 is 0 Å². The predicted octanol–water partition coefficient (Wildman–Crippen LogP) is 3.47. The number of benzene rings is 1. The molecule has 2 aromatic rings. The number of anilines is 1. The van der Waals surface area contributed by atoms with Crippen molar-refractivity contribution in [3.05, 3.63) is 59.4 Å². The van der Waals surface area contributed by atoms with E-state index in [1.165, 1.54) is 11.1 Å². The lowest BCUT2D eigenvalue weighted by Gasteiger charge is -2.20. The van der Waals surface area contributed by atoms with Crippen LogP contribution < -0.4 is 4.90 Å². The first kappa shape index (κ1) is 14.5. The molecule has 0 aliphatic heterocycles. The molecule has 0 saturated carbocycles. The lowest BCUT2D eigenvalue weighted by atomic mass is 10.1. The molecule has 1 aromatic carbocycles. The van der Waals surface area contributed by atoms with E-state index in [9.17, 15) is 5.11 Å². The number of aliphatic hydroxyl groups is 1. The van der Waals surface area contributed by atoms with Crippen molar-refractivity contribution in [2.24, 2.45) is 0 Å². The Morgan fingerprint density at radius 3 is 2.65 bits per heavy atom. The number of hydrogen-bond acceptors (Lipinski definition) is 3. The van der Waals surface area contributed by atoms with Crippen molar-refractivity contribution in [2.75, 3.05) is 11.9 Å². The topological polar surface area (TPSA) is 36.4 Å². The van der Waals surface area contributed by atoms with Crippen molar-refractivity contribution >= 4 is 5.69 Å².